The maximum absolute atomic E-state index is 13.4. The van der Waals surface area contributed by atoms with Crippen LogP contribution < -0.4 is 19.1 Å². The maximum atomic E-state index is 13.4. The van der Waals surface area contributed by atoms with Crippen molar-refractivity contribution in [2.45, 2.75) is 13.0 Å². The first kappa shape index (κ1) is 24.2. The highest BCUT2D eigenvalue weighted by Gasteiger charge is 2.47. The van der Waals surface area contributed by atoms with Gasteiger partial charge >= 0.3 is 0 Å². The van der Waals surface area contributed by atoms with Crippen LogP contribution in [0, 0.1) is 6.92 Å². The maximum Gasteiger partial charge on any atom is 0.300 e. The second-order valence-corrected chi connectivity index (χ2v) is 8.33. The highest BCUT2D eigenvalue weighted by atomic mass is 35.5. The molecule has 1 aliphatic heterocycles. The summed E-state index contributed by atoms with van der Waals surface area (Å²) in [6.07, 6.45) is 0. The Hall–Kier alpha value is -3.97. The van der Waals surface area contributed by atoms with Crippen molar-refractivity contribution in [3.63, 3.8) is 0 Å². The third-order valence-corrected chi connectivity index (χ3v) is 6.25. The molecule has 1 aliphatic rings. The molecule has 0 aliphatic carbocycles. The van der Waals surface area contributed by atoms with Crippen LogP contribution in [0.2, 0.25) is 5.02 Å². The smallest absolute Gasteiger partial charge is 0.300 e. The number of halogens is 1. The van der Waals surface area contributed by atoms with Gasteiger partial charge in [-0.05, 0) is 42.3 Å². The van der Waals surface area contributed by atoms with E-state index in [2.05, 4.69) is 0 Å². The molecule has 4 rings (SSSR count). The van der Waals surface area contributed by atoms with Gasteiger partial charge in [0.05, 0.1) is 43.5 Å². The van der Waals surface area contributed by atoms with E-state index in [1.165, 1.54) is 38.4 Å². The number of carbonyl (C=O) groups is 2. The summed E-state index contributed by atoms with van der Waals surface area (Å²) >= 11 is 6.32. The van der Waals surface area contributed by atoms with Gasteiger partial charge in [-0.2, -0.15) is 0 Å². The predicted octanol–water partition coefficient (Wildman–Crippen LogP) is 5.30. The van der Waals surface area contributed by atoms with E-state index in [1.807, 2.05) is 19.1 Å². The van der Waals surface area contributed by atoms with Crippen molar-refractivity contribution in [3.8, 4) is 17.2 Å². The molecule has 0 aromatic heterocycles. The van der Waals surface area contributed by atoms with Crippen molar-refractivity contribution in [2.75, 3.05) is 26.2 Å². The van der Waals surface area contributed by atoms with Crippen LogP contribution in [-0.2, 0) is 9.59 Å². The fourth-order valence-corrected chi connectivity index (χ4v) is 4.47. The number of hydrogen-bond donors (Lipinski definition) is 1. The Balaban J connectivity index is 2.02. The molecule has 3 aromatic rings. The second-order valence-electron chi connectivity index (χ2n) is 7.92. The molecule has 1 heterocycles. The summed E-state index contributed by atoms with van der Waals surface area (Å²) in [6.45, 7) is 1.85. The number of Topliss-reactive ketones (excluding diaryl/α,β-unsaturated/α-hetero) is 1. The molecule has 1 amide bonds. The standard InChI is InChI=1S/C27H24ClNO6/c1-15-8-5-6-11-20(15)29-24(16-9-7-10-17(12-16)33-2)23(26(31)27(29)32)25(30)18-13-19(28)22(35-4)14-21(18)34-3/h5-14,24,30H,1-4H3/b25-23+. The number of benzene rings is 3. The minimum Gasteiger partial charge on any atom is -0.507 e. The molecule has 180 valence electrons. The lowest BCUT2D eigenvalue weighted by Crippen LogP contribution is -2.30. The van der Waals surface area contributed by atoms with Crippen molar-refractivity contribution >= 4 is 34.7 Å². The van der Waals surface area contributed by atoms with Gasteiger partial charge in [0.25, 0.3) is 11.7 Å². The molecule has 0 radical (unpaired) electrons. The van der Waals surface area contributed by atoms with Crippen LogP contribution >= 0.6 is 11.6 Å². The fraction of sp³-hybridized carbons (Fsp3) is 0.185. The summed E-state index contributed by atoms with van der Waals surface area (Å²) in [5, 5.41) is 11.7. The molecule has 0 bridgehead atoms. The van der Waals surface area contributed by atoms with Crippen LogP contribution in [-0.4, -0.2) is 38.1 Å². The number of amides is 1. The lowest BCUT2D eigenvalue weighted by molar-refractivity contribution is -0.132. The van der Waals surface area contributed by atoms with E-state index in [-0.39, 0.29) is 21.9 Å². The third kappa shape index (κ3) is 4.19. The summed E-state index contributed by atoms with van der Waals surface area (Å²) in [6, 6.07) is 16.3. The van der Waals surface area contributed by atoms with Gasteiger partial charge in [-0.15, -0.1) is 0 Å². The van der Waals surface area contributed by atoms with Gasteiger partial charge in [0, 0.05) is 11.8 Å². The van der Waals surface area contributed by atoms with Crippen LogP contribution in [0.1, 0.15) is 22.7 Å². The quantitative estimate of drug-likeness (QED) is 0.285. The summed E-state index contributed by atoms with van der Waals surface area (Å²) < 4.78 is 16.0. The van der Waals surface area contributed by atoms with Gasteiger partial charge in [-0.1, -0.05) is 41.9 Å². The molecule has 3 aromatic carbocycles. The van der Waals surface area contributed by atoms with E-state index in [9.17, 15) is 14.7 Å². The molecular formula is C27H24ClNO6. The number of methoxy groups -OCH3 is 3. The van der Waals surface area contributed by atoms with Crippen molar-refractivity contribution in [1.82, 2.24) is 0 Å². The zero-order valence-corrected chi connectivity index (χ0v) is 20.4. The normalized spacial score (nSPS) is 16.9. The number of carbonyl (C=O) groups excluding carboxylic acids is 2. The highest BCUT2D eigenvalue weighted by Crippen LogP contribution is 2.45. The zero-order valence-electron chi connectivity index (χ0n) is 19.7. The summed E-state index contributed by atoms with van der Waals surface area (Å²) in [5.41, 5.74) is 2.01. The predicted molar refractivity (Wildman–Crippen MR) is 134 cm³/mol. The monoisotopic (exact) mass is 493 g/mol. The largest absolute Gasteiger partial charge is 0.507 e. The Bertz CT molecular complexity index is 1350. The molecule has 1 atom stereocenters. The van der Waals surface area contributed by atoms with Crippen LogP contribution in [0.4, 0.5) is 5.69 Å². The zero-order chi connectivity index (χ0) is 25.3. The minimum absolute atomic E-state index is 0.0916. The van der Waals surface area contributed by atoms with Crippen molar-refractivity contribution < 1.29 is 28.9 Å². The first-order valence-electron chi connectivity index (χ1n) is 10.7. The van der Waals surface area contributed by atoms with Crippen molar-refractivity contribution in [2.24, 2.45) is 0 Å². The van der Waals surface area contributed by atoms with E-state index in [1.54, 1.807) is 36.4 Å². The topological polar surface area (TPSA) is 85.3 Å². The fourth-order valence-electron chi connectivity index (χ4n) is 4.23. The number of nitrogens with zero attached hydrogens (tertiary/aromatic N) is 1. The first-order chi connectivity index (χ1) is 16.8. The minimum atomic E-state index is -0.920. The summed E-state index contributed by atoms with van der Waals surface area (Å²) in [4.78, 5) is 28.2. The van der Waals surface area contributed by atoms with Gasteiger partial charge in [0.15, 0.2) is 0 Å². The van der Waals surface area contributed by atoms with Gasteiger partial charge in [0.1, 0.15) is 23.0 Å². The average molecular weight is 494 g/mol. The van der Waals surface area contributed by atoms with E-state index in [0.29, 0.717) is 22.7 Å². The SMILES string of the molecule is COc1cccc(C2/C(=C(\O)c3cc(Cl)c(OC)cc3OC)C(=O)C(=O)N2c2ccccc2C)c1. The molecule has 35 heavy (non-hydrogen) atoms. The summed E-state index contributed by atoms with van der Waals surface area (Å²) in [7, 11) is 4.41. The number of aliphatic hydroxyl groups is 1. The van der Waals surface area contributed by atoms with E-state index < -0.39 is 23.5 Å². The Morgan fingerprint density at radius 2 is 1.63 bits per heavy atom. The number of rotatable bonds is 6. The van der Waals surface area contributed by atoms with Crippen molar-refractivity contribution in [3.05, 3.63) is 87.9 Å². The van der Waals surface area contributed by atoms with Gasteiger partial charge < -0.3 is 19.3 Å². The highest BCUT2D eigenvalue weighted by molar-refractivity contribution is 6.52. The van der Waals surface area contributed by atoms with Crippen LogP contribution in [0.15, 0.2) is 66.2 Å². The molecule has 1 unspecified atom stereocenters. The second kappa shape index (κ2) is 9.72. The van der Waals surface area contributed by atoms with Gasteiger partial charge in [0.2, 0.25) is 0 Å². The lowest BCUT2D eigenvalue weighted by Gasteiger charge is -2.27. The molecule has 1 saturated heterocycles. The molecular weight excluding hydrogens is 470 g/mol. The summed E-state index contributed by atoms with van der Waals surface area (Å²) in [5.74, 6) is -0.878. The number of ether oxygens (including phenoxy) is 3. The third-order valence-electron chi connectivity index (χ3n) is 5.96. The molecule has 1 fully saturated rings. The Labute approximate surface area is 208 Å². The van der Waals surface area contributed by atoms with Crippen LogP contribution in [0.5, 0.6) is 17.2 Å². The van der Waals surface area contributed by atoms with Gasteiger partial charge in [-0.3, -0.25) is 14.5 Å². The number of anilines is 1. The Kier molecular flexibility index (Phi) is 6.71. The van der Waals surface area contributed by atoms with Gasteiger partial charge in [-0.25, -0.2) is 0 Å². The number of aryl methyl sites for hydroxylation is 1. The van der Waals surface area contributed by atoms with Crippen LogP contribution in [0.25, 0.3) is 5.76 Å². The Morgan fingerprint density at radius 3 is 2.29 bits per heavy atom. The molecule has 0 spiro atoms. The molecule has 1 N–H and O–H groups in total. The number of hydrogen-bond acceptors (Lipinski definition) is 6. The Morgan fingerprint density at radius 1 is 0.914 bits per heavy atom. The molecule has 0 saturated carbocycles. The number of ketones is 1. The first-order valence-corrected chi connectivity index (χ1v) is 11.1. The molecule has 8 heteroatoms. The number of para-hydroxylation sites is 1. The van der Waals surface area contributed by atoms with Crippen LogP contribution in [0.3, 0.4) is 0 Å². The number of aliphatic hydroxyl groups excluding tert-OH is 1. The average Bonchev–Trinajstić information content (AvgIpc) is 3.14. The van der Waals surface area contributed by atoms with E-state index in [4.69, 9.17) is 25.8 Å². The van der Waals surface area contributed by atoms with Crippen molar-refractivity contribution in [1.29, 1.82) is 0 Å². The molecule has 7 nitrogen and oxygen atoms in total. The lowest BCUT2D eigenvalue weighted by atomic mass is 9.94. The van der Waals surface area contributed by atoms with E-state index in [0.717, 1.165) is 5.56 Å². The van der Waals surface area contributed by atoms with E-state index >= 15 is 0 Å².